The van der Waals surface area contributed by atoms with Crippen LogP contribution in [0.1, 0.15) is 34.1 Å². The van der Waals surface area contributed by atoms with Gasteiger partial charge in [0.15, 0.2) is 0 Å². The summed E-state index contributed by atoms with van der Waals surface area (Å²) in [7, 11) is 0. The number of rotatable bonds is 6. The van der Waals surface area contributed by atoms with Gasteiger partial charge in [-0.2, -0.15) is 0 Å². The fourth-order valence-electron chi connectivity index (χ4n) is 1.70. The van der Waals surface area contributed by atoms with Crippen LogP contribution in [-0.4, -0.2) is 51.5 Å². The summed E-state index contributed by atoms with van der Waals surface area (Å²) in [5.41, 5.74) is -1.96. The molecule has 0 aromatic rings. The number of carbonyl (C=O) groups is 3. The Balaban J connectivity index is 2.53. The number of carboxylic acids is 1. The van der Waals surface area contributed by atoms with E-state index < -0.39 is 16.9 Å². The van der Waals surface area contributed by atoms with Crippen LogP contribution in [0.3, 0.4) is 0 Å². The first-order valence-electron chi connectivity index (χ1n) is 6.54. The maximum Gasteiger partial charge on any atom is 0.311 e. The Morgan fingerprint density at radius 1 is 1.35 bits per heavy atom. The molecule has 0 spiro atoms. The Labute approximate surface area is 123 Å². The molecule has 0 saturated carbocycles. The molecule has 0 unspecified atom stereocenters. The van der Waals surface area contributed by atoms with Gasteiger partial charge < -0.3 is 15.3 Å². The Morgan fingerprint density at radius 2 is 1.95 bits per heavy atom. The van der Waals surface area contributed by atoms with Crippen LogP contribution in [0.2, 0.25) is 0 Å². The molecule has 0 atom stereocenters. The molecule has 1 saturated heterocycles. The van der Waals surface area contributed by atoms with Crippen LogP contribution in [0.25, 0.3) is 0 Å². The first-order chi connectivity index (χ1) is 9.08. The van der Waals surface area contributed by atoms with Gasteiger partial charge in [-0.05, 0) is 27.7 Å². The molecule has 0 aromatic heterocycles. The minimum atomic E-state index is -1.08. The van der Waals surface area contributed by atoms with Gasteiger partial charge in [-0.15, -0.1) is 0 Å². The van der Waals surface area contributed by atoms with Crippen molar-refractivity contribution in [2.24, 2.45) is 5.41 Å². The molecule has 1 rings (SSSR count). The summed E-state index contributed by atoms with van der Waals surface area (Å²) < 4.78 is 0. The van der Waals surface area contributed by atoms with E-state index in [1.54, 1.807) is 32.6 Å². The topological polar surface area (TPSA) is 86.7 Å². The lowest BCUT2D eigenvalue weighted by Crippen LogP contribution is -2.57. The number of carboxylic acid groups (broad SMARTS) is 1. The van der Waals surface area contributed by atoms with Crippen LogP contribution in [0.5, 0.6) is 0 Å². The normalized spacial score (nSPS) is 16.4. The maximum atomic E-state index is 11.9. The highest BCUT2D eigenvalue weighted by molar-refractivity contribution is 8.13. The molecule has 7 heteroatoms. The van der Waals surface area contributed by atoms with E-state index >= 15 is 0 Å². The van der Waals surface area contributed by atoms with Gasteiger partial charge in [-0.3, -0.25) is 14.4 Å². The van der Waals surface area contributed by atoms with E-state index in [-0.39, 0.29) is 17.6 Å². The average molecular weight is 302 g/mol. The number of hydrogen-bond acceptors (Lipinski definition) is 4. The molecule has 0 aliphatic carbocycles. The third-order valence-electron chi connectivity index (χ3n) is 4.00. The fraction of sp³-hybridized carbons (Fsp3) is 0.769. The minimum Gasteiger partial charge on any atom is -0.481 e. The molecular weight excluding hydrogens is 280 g/mol. The standard InChI is InChI=1S/C13H22N2O4S/c1-12(2,10(17)18)13(3,4)14-9(16)5-6-15-7-8-20-11(15)19/h5-8H2,1-4H3,(H,14,16)(H,17,18). The lowest BCUT2D eigenvalue weighted by Gasteiger charge is -2.38. The van der Waals surface area contributed by atoms with Crippen LogP contribution in [0.15, 0.2) is 0 Å². The van der Waals surface area contributed by atoms with Gasteiger partial charge in [-0.1, -0.05) is 11.8 Å². The third kappa shape index (κ3) is 3.65. The van der Waals surface area contributed by atoms with E-state index in [2.05, 4.69) is 5.32 Å². The van der Waals surface area contributed by atoms with Gasteiger partial charge in [0, 0.05) is 30.8 Å². The average Bonchev–Trinajstić information content (AvgIpc) is 2.71. The first kappa shape index (κ1) is 16.8. The molecule has 2 amide bonds. The van der Waals surface area contributed by atoms with Gasteiger partial charge >= 0.3 is 5.97 Å². The Bertz CT molecular complexity index is 421. The second-order valence-electron chi connectivity index (χ2n) is 5.95. The van der Waals surface area contributed by atoms with Crippen molar-refractivity contribution in [3.63, 3.8) is 0 Å². The predicted octanol–water partition coefficient (Wildman–Crippen LogP) is 1.55. The molecule has 2 N–H and O–H groups in total. The number of carbonyl (C=O) groups excluding carboxylic acids is 2. The Kier molecular flexibility index (Phi) is 5.07. The van der Waals surface area contributed by atoms with E-state index in [4.69, 9.17) is 0 Å². The molecule has 0 bridgehead atoms. The van der Waals surface area contributed by atoms with E-state index in [9.17, 15) is 19.5 Å². The summed E-state index contributed by atoms with van der Waals surface area (Å²) >= 11 is 1.26. The van der Waals surface area contributed by atoms with Crippen LogP contribution in [0, 0.1) is 5.41 Å². The van der Waals surface area contributed by atoms with Gasteiger partial charge in [0.1, 0.15) is 0 Å². The molecule has 0 radical (unpaired) electrons. The zero-order valence-electron chi connectivity index (χ0n) is 12.4. The zero-order valence-corrected chi connectivity index (χ0v) is 13.2. The lowest BCUT2D eigenvalue weighted by molar-refractivity contribution is -0.151. The summed E-state index contributed by atoms with van der Waals surface area (Å²) in [5.74, 6) is -0.444. The lowest BCUT2D eigenvalue weighted by atomic mass is 9.74. The van der Waals surface area contributed by atoms with Crippen molar-refractivity contribution < 1.29 is 19.5 Å². The summed E-state index contributed by atoms with van der Waals surface area (Å²) in [5, 5.41) is 12.0. The van der Waals surface area contributed by atoms with Gasteiger partial charge in [-0.25, -0.2) is 0 Å². The third-order valence-corrected chi connectivity index (χ3v) is 4.89. The van der Waals surface area contributed by atoms with Crippen LogP contribution < -0.4 is 5.32 Å². The number of hydrogen-bond donors (Lipinski definition) is 2. The quantitative estimate of drug-likeness (QED) is 0.777. The van der Waals surface area contributed by atoms with E-state index in [1.165, 1.54) is 11.8 Å². The minimum absolute atomic E-state index is 0.00271. The second kappa shape index (κ2) is 6.03. The monoisotopic (exact) mass is 302 g/mol. The van der Waals surface area contributed by atoms with Crippen molar-refractivity contribution in [3.8, 4) is 0 Å². The molecule has 0 aromatic carbocycles. The number of aliphatic carboxylic acids is 1. The molecular formula is C13H22N2O4S. The summed E-state index contributed by atoms with van der Waals surface area (Å²) in [6.07, 6.45) is 0.186. The smallest absolute Gasteiger partial charge is 0.311 e. The molecule has 114 valence electrons. The van der Waals surface area contributed by atoms with E-state index in [0.717, 1.165) is 5.75 Å². The van der Waals surface area contributed by atoms with Crippen molar-refractivity contribution in [1.82, 2.24) is 10.2 Å². The second-order valence-corrected chi connectivity index (χ2v) is 7.00. The van der Waals surface area contributed by atoms with Crippen molar-refractivity contribution >= 4 is 28.9 Å². The van der Waals surface area contributed by atoms with E-state index in [0.29, 0.717) is 13.1 Å². The van der Waals surface area contributed by atoms with Gasteiger partial charge in [0.05, 0.1) is 5.41 Å². The van der Waals surface area contributed by atoms with Crippen molar-refractivity contribution in [2.45, 2.75) is 39.7 Å². The van der Waals surface area contributed by atoms with Crippen LogP contribution >= 0.6 is 11.8 Å². The first-order valence-corrected chi connectivity index (χ1v) is 7.52. The summed E-state index contributed by atoms with van der Waals surface area (Å²) in [6.45, 7) is 7.58. The molecule has 1 fully saturated rings. The number of nitrogens with zero attached hydrogens (tertiary/aromatic N) is 1. The predicted molar refractivity (Wildman–Crippen MR) is 77.7 cm³/mol. The molecule has 1 aliphatic heterocycles. The van der Waals surface area contributed by atoms with Crippen LogP contribution in [-0.2, 0) is 9.59 Å². The molecule has 1 heterocycles. The number of thioether (sulfide) groups is 1. The molecule has 6 nitrogen and oxygen atoms in total. The number of nitrogens with one attached hydrogen (secondary N) is 1. The summed E-state index contributed by atoms with van der Waals surface area (Å²) in [6, 6.07) is 0. The highest BCUT2D eigenvalue weighted by Gasteiger charge is 2.44. The Morgan fingerprint density at radius 3 is 2.40 bits per heavy atom. The Hall–Kier alpha value is -1.24. The highest BCUT2D eigenvalue weighted by atomic mass is 32.2. The fourth-order valence-corrected chi connectivity index (χ4v) is 2.55. The van der Waals surface area contributed by atoms with Crippen molar-refractivity contribution in [3.05, 3.63) is 0 Å². The summed E-state index contributed by atoms with van der Waals surface area (Å²) in [4.78, 5) is 36.2. The molecule has 1 aliphatic rings. The van der Waals surface area contributed by atoms with Gasteiger partial charge in [0.25, 0.3) is 5.24 Å². The van der Waals surface area contributed by atoms with Gasteiger partial charge in [0.2, 0.25) is 5.91 Å². The molecule has 20 heavy (non-hydrogen) atoms. The zero-order chi connectivity index (χ0) is 15.6. The number of amides is 2. The highest BCUT2D eigenvalue weighted by Crippen LogP contribution is 2.30. The van der Waals surface area contributed by atoms with Crippen molar-refractivity contribution in [2.75, 3.05) is 18.8 Å². The van der Waals surface area contributed by atoms with Crippen molar-refractivity contribution in [1.29, 1.82) is 0 Å². The van der Waals surface area contributed by atoms with E-state index in [1.807, 2.05) is 0 Å². The SMILES string of the molecule is CC(C)(NC(=O)CCN1CCSC1=O)C(C)(C)C(=O)O. The largest absolute Gasteiger partial charge is 0.481 e. The van der Waals surface area contributed by atoms with Crippen LogP contribution in [0.4, 0.5) is 4.79 Å². The maximum absolute atomic E-state index is 11.9.